The van der Waals surface area contributed by atoms with Gasteiger partial charge in [-0.1, -0.05) is 6.92 Å². The first-order valence-corrected chi connectivity index (χ1v) is 11.3. The number of nitrogens with zero attached hydrogens (tertiary/aromatic N) is 5. The Morgan fingerprint density at radius 1 is 0.861 bits per heavy atom. The number of carbonyl (C=O) groups is 2. The Morgan fingerprint density at radius 3 is 1.81 bits per heavy atom. The number of halogens is 6. The number of alkyl halides is 6. The number of aliphatic carboxylic acids is 2. The summed E-state index contributed by atoms with van der Waals surface area (Å²) in [5, 5.41) is 14.2. The van der Waals surface area contributed by atoms with E-state index in [2.05, 4.69) is 31.6 Å². The predicted octanol–water partition coefficient (Wildman–Crippen LogP) is 2.99. The molecule has 1 aromatic heterocycles. The summed E-state index contributed by atoms with van der Waals surface area (Å²) in [6, 6.07) is 1.89. The van der Waals surface area contributed by atoms with E-state index in [1.165, 1.54) is 52.0 Å². The molecule has 0 saturated carbocycles. The van der Waals surface area contributed by atoms with E-state index in [1.807, 2.05) is 18.5 Å². The normalized spacial score (nSPS) is 18.2. The smallest absolute Gasteiger partial charge is 0.475 e. The van der Waals surface area contributed by atoms with Gasteiger partial charge in [0.2, 0.25) is 5.95 Å². The second-order valence-electron chi connectivity index (χ2n) is 8.17. The highest BCUT2D eigenvalue weighted by Crippen LogP contribution is 2.19. The third kappa shape index (κ3) is 12.3. The molecule has 15 heteroatoms. The van der Waals surface area contributed by atoms with Crippen LogP contribution >= 0.6 is 0 Å². The molecule has 36 heavy (non-hydrogen) atoms. The molecular formula is C21H31F6N5O4. The summed E-state index contributed by atoms with van der Waals surface area (Å²) in [5.41, 5.74) is 0. The predicted molar refractivity (Wildman–Crippen MR) is 118 cm³/mol. The second kappa shape index (κ2) is 14.8. The van der Waals surface area contributed by atoms with Crippen LogP contribution in [0.2, 0.25) is 0 Å². The van der Waals surface area contributed by atoms with Crippen LogP contribution in [0.25, 0.3) is 0 Å². The first kappa shape index (κ1) is 31.4. The molecule has 0 spiro atoms. The van der Waals surface area contributed by atoms with Crippen LogP contribution < -0.4 is 4.90 Å². The van der Waals surface area contributed by atoms with E-state index < -0.39 is 24.3 Å². The van der Waals surface area contributed by atoms with Crippen molar-refractivity contribution in [2.45, 2.75) is 38.5 Å². The standard InChI is InChI=1S/C17H29N5.2C2HF3O2/c1-2-20-11-5-16(6-12-20)15-21-9-4-10-22(14-13-21)17-18-7-3-8-19-17;2*3-2(4,5)1(6)7/h3,7-8,16H,2,4-6,9-15H2,1H3;2*(H,6,7). The molecular weight excluding hydrogens is 500 g/mol. The van der Waals surface area contributed by atoms with Crippen LogP contribution in [-0.2, 0) is 9.59 Å². The van der Waals surface area contributed by atoms with Crippen LogP contribution in [0, 0.1) is 5.92 Å². The van der Waals surface area contributed by atoms with Crippen molar-refractivity contribution in [1.29, 1.82) is 0 Å². The van der Waals surface area contributed by atoms with Gasteiger partial charge in [0.05, 0.1) is 0 Å². The lowest BCUT2D eigenvalue weighted by molar-refractivity contribution is -0.193. The molecule has 2 aliphatic heterocycles. The lowest BCUT2D eigenvalue weighted by atomic mass is 9.96. The van der Waals surface area contributed by atoms with Crippen molar-refractivity contribution >= 4 is 17.9 Å². The Kier molecular flexibility index (Phi) is 12.9. The molecule has 1 aromatic rings. The van der Waals surface area contributed by atoms with Crippen molar-refractivity contribution in [1.82, 2.24) is 19.8 Å². The molecule has 0 aromatic carbocycles. The Morgan fingerprint density at radius 2 is 1.36 bits per heavy atom. The largest absolute Gasteiger partial charge is 0.490 e. The molecule has 2 N–H and O–H groups in total. The molecule has 0 aliphatic carbocycles. The molecule has 3 heterocycles. The summed E-state index contributed by atoms with van der Waals surface area (Å²) in [6.07, 6.45) is -2.53. The minimum absolute atomic E-state index is 0.889. The Balaban J connectivity index is 0.000000383. The van der Waals surface area contributed by atoms with Crippen LogP contribution in [0.1, 0.15) is 26.2 Å². The van der Waals surface area contributed by atoms with Crippen LogP contribution in [0.5, 0.6) is 0 Å². The molecule has 3 rings (SSSR count). The van der Waals surface area contributed by atoms with Crippen molar-refractivity contribution in [3.05, 3.63) is 18.5 Å². The fraction of sp³-hybridized carbons (Fsp3) is 0.714. The molecule has 0 amide bonds. The highest BCUT2D eigenvalue weighted by molar-refractivity contribution is 5.73. The quantitative estimate of drug-likeness (QED) is 0.567. The van der Waals surface area contributed by atoms with Crippen molar-refractivity contribution in [3.63, 3.8) is 0 Å². The molecule has 0 unspecified atom stereocenters. The van der Waals surface area contributed by atoms with Crippen LogP contribution in [-0.4, -0.2) is 107 Å². The van der Waals surface area contributed by atoms with E-state index in [-0.39, 0.29) is 0 Å². The number of aromatic nitrogens is 2. The number of carboxylic acids is 2. The lowest BCUT2D eigenvalue weighted by Crippen LogP contribution is -2.40. The third-order valence-corrected chi connectivity index (χ3v) is 5.58. The summed E-state index contributed by atoms with van der Waals surface area (Å²) in [6.45, 7) is 11.8. The molecule has 206 valence electrons. The molecule has 2 saturated heterocycles. The van der Waals surface area contributed by atoms with E-state index in [4.69, 9.17) is 19.8 Å². The summed E-state index contributed by atoms with van der Waals surface area (Å²) in [7, 11) is 0. The minimum atomic E-state index is -5.08. The summed E-state index contributed by atoms with van der Waals surface area (Å²) in [5.74, 6) is -3.73. The average Bonchev–Trinajstić information content (AvgIpc) is 3.05. The number of hydrogen-bond donors (Lipinski definition) is 2. The fourth-order valence-corrected chi connectivity index (χ4v) is 3.66. The van der Waals surface area contributed by atoms with E-state index in [0.29, 0.717) is 0 Å². The molecule has 2 aliphatic rings. The SMILES string of the molecule is CCN1CCC(CN2CCCN(c3ncccn3)CC2)CC1.O=C(O)C(F)(F)F.O=C(O)C(F)(F)F. The van der Waals surface area contributed by atoms with Gasteiger partial charge in [-0.2, -0.15) is 26.3 Å². The van der Waals surface area contributed by atoms with E-state index in [0.717, 1.165) is 31.5 Å². The number of hydrogen-bond acceptors (Lipinski definition) is 7. The van der Waals surface area contributed by atoms with Crippen LogP contribution in [0.4, 0.5) is 32.3 Å². The summed E-state index contributed by atoms with van der Waals surface area (Å²) in [4.78, 5) is 34.1. The average molecular weight is 531 g/mol. The van der Waals surface area contributed by atoms with Crippen molar-refractivity contribution in [2.75, 3.05) is 57.3 Å². The van der Waals surface area contributed by atoms with E-state index in [9.17, 15) is 26.3 Å². The van der Waals surface area contributed by atoms with Gasteiger partial charge in [0.1, 0.15) is 0 Å². The van der Waals surface area contributed by atoms with Gasteiger partial charge in [-0.3, -0.25) is 0 Å². The van der Waals surface area contributed by atoms with Gasteiger partial charge in [-0.05, 0) is 57.4 Å². The maximum atomic E-state index is 10.6. The maximum Gasteiger partial charge on any atom is 0.490 e. The molecule has 0 atom stereocenters. The third-order valence-electron chi connectivity index (χ3n) is 5.58. The zero-order valence-corrected chi connectivity index (χ0v) is 19.8. The highest BCUT2D eigenvalue weighted by Gasteiger charge is 2.38. The molecule has 0 bridgehead atoms. The molecule has 2 fully saturated rings. The van der Waals surface area contributed by atoms with Crippen molar-refractivity contribution in [3.8, 4) is 0 Å². The lowest BCUT2D eigenvalue weighted by Gasteiger charge is -2.34. The zero-order valence-electron chi connectivity index (χ0n) is 19.8. The Labute approximate surface area is 204 Å². The van der Waals surface area contributed by atoms with Gasteiger partial charge < -0.3 is 24.9 Å². The van der Waals surface area contributed by atoms with Gasteiger partial charge in [-0.25, -0.2) is 19.6 Å². The minimum Gasteiger partial charge on any atom is -0.475 e. The highest BCUT2D eigenvalue weighted by atomic mass is 19.4. The summed E-state index contributed by atoms with van der Waals surface area (Å²) < 4.78 is 63.5. The number of rotatable bonds is 4. The van der Waals surface area contributed by atoms with Crippen molar-refractivity contribution < 1.29 is 46.1 Å². The number of likely N-dealkylation sites (tertiary alicyclic amines) is 1. The van der Waals surface area contributed by atoms with E-state index in [1.54, 1.807) is 0 Å². The van der Waals surface area contributed by atoms with E-state index >= 15 is 0 Å². The van der Waals surface area contributed by atoms with Gasteiger partial charge in [0, 0.05) is 38.6 Å². The van der Waals surface area contributed by atoms with Gasteiger partial charge >= 0.3 is 24.3 Å². The maximum absolute atomic E-state index is 10.6. The fourth-order valence-electron chi connectivity index (χ4n) is 3.66. The topological polar surface area (TPSA) is 110 Å². The second-order valence-corrected chi connectivity index (χ2v) is 8.17. The monoisotopic (exact) mass is 531 g/mol. The zero-order chi connectivity index (χ0) is 27.4. The number of anilines is 1. The van der Waals surface area contributed by atoms with Gasteiger partial charge in [0.15, 0.2) is 0 Å². The summed E-state index contributed by atoms with van der Waals surface area (Å²) >= 11 is 0. The van der Waals surface area contributed by atoms with Gasteiger partial charge in [-0.15, -0.1) is 0 Å². The van der Waals surface area contributed by atoms with Crippen LogP contribution in [0.3, 0.4) is 0 Å². The first-order chi connectivity index (χ1) is 16.7. The van der Waals surface area contributed by atoms with Crippen molar-refractivity contribution in [2.24, 2.45) is 5.92 Å². The Bertz CT molecular complexity index is 765. The van der Waals surface area contributed by atoms with Gasteiger partial charge in [0.25, 0.3) is 0 Å². The molecule has 0 radical (unpaired) electrons. The number of carboxylic acid groups (broad SMARTS) is 2. The molecule has 9 nitrogen and oxygen atoms in total. The first-order valence-electron chi connectivity index (χ1n) is 11.3. The van der Waals surface area contributed by atoms with Crippen LogP contribution in [0.15, 0.2) is 18.5 Å². The number of piperidine rings is 1. The Hall–Kier alpha value is -2.68.